The van der Waals surface area contributed by atoms with Crippen LogP contribution < -0.4 is 5.32 Å². The van der Waals surface area contributed by atoms with E-state index >= 15 is 0 Å². The van der Waals surface area contributed by atoms with E-state index in [4.69, 9.17) is 5.26 Å². The number of anilines is 1. The number of hydrogen-bond acceptors (Lipinski definition) is 2. The minimum absolute atomic E-state index is 0.139. The molecule has 1 aromatic rings. The van der Waals surface area contributed by atoms with Gasteiger partial charge in [-0.1, -0.05) is 27.7 Å². The van der Waals surface area contributed by atoms with Crippen molar-refractivity contribution in [3.8, 4) is 6.07 Å². The van der Waals surface area contributed by atoms with E-state index in [1.165, 1.54) is 0 Å². The monoisotopic (exact) mass is 310 g/mol. The first-order chi connectivity index (χ1) is 8.23. The molecule has 1 aliphatic carbocycles. The van der Waals surface area contributed by atoms with Crippen molar-refractivity contribution in [1.29, 1.82) is 5.26 Å². The summed E-state index contributed by atoms with van der Waals surface area (Å²) in [7, 11) is 0. The lowest BCUT2D eigenvalue weighted by molar-refractivity contribution is 0.457. The van der Waals surface area contributed by atoms with Crippen molar-refractivity contribution >= 4 is 21.6 Å². The Hall–Kier alpha value is -1.08. The van der Waals surface area contributed by atoms with Crippen LogP contribution >= 0.6 is 15.9 Å². The average Bonchev–Trinajstić information content (AvgIpc) is 2.67. The van der Waals surface area contributed by atoms with Gasteiger partial charge >= 0.3 is 0 Å². The minimum Gasteiger partial charge on any atom is -0.379 e. The third-order valence-electron chi connectivity index (χ3n) is 4.52. The molecule has 0 unspecified atom stereocenters. The third kappa shape index (κ3) is 1.73. The van der Waals surface area contributed by atoms with Crippen LogP contribution in [0.15, 0.2) is 16.6 Å². The molecule has 0 atom stereocenters. The zero-order valence-corrected chi connectivity index (χ0v) is 12.5. The minimum atomic E-state index is -0.396. The Bertz CT molecular complexity index is 529. The van der Waals surface area contributed by atoms with Crippen LogP contribution in [0.25, 0.3) is 0 Å². The Morgan fingerprint density at radius 2 is 1.83 bits per heavy atom. The van der Waals surface area contributed by atoms with Crippen molar-refractivity contribution in [2.75, 3.05) is 5.32 Å². The number of halogens is 2. The summed E-state index contributed by atoms with van der Waals surface area (Å²) in [6, 6.07) is 5.44. The summed E-state index contributed by atoms with van der Waals surface area (Å²) in [6.07, 6.45) is 0. The van der Waals surface area contributed by atoms with Gasteiger partial charge in [-0.15, -0.1) is 0 Å². The number of nitrogens with one attached hydrogen (secondary N) is 1. The first-order valence-electron chi connectivity index (χ1n) is 5.88. The summed E-state index contributed by atoms with van der Waals surface area (Å²) in [6.45, 7) is 8.67. The highest BCUT2D eigenvalue weighted by Crippen LogP contribution is 2.63. The Kier molecular flexibility index (Phi) is 2.94. The number of nitriles is 1. The Labute approximate surface area is 115 Å². The molecule has 2 rings (SSSR count). The van der Waals surface area contributed by atoms with Gasteiger partial charge in [0.25, 0.3) is 0 Å². The fourth-order valence-electron chi connectivity index (χ4n) is 2.46. The molecule has 1 aromatic carbocycles. The molecule has 0 saturated heterocycles. The van der Waals surface area contributed by atoms with Gasteiger partial charge in [-0.05, 0) is 38.9 Å². The average molecular weight is 311 g/mol. The molecule has 2 nitrogen and oxygen atoms in total. The summed E-state index contributed by atoms with van der Waals surface area (Å²) >= 11 is 3.12. The SMILES string of the molecule is CC1(C)C(Nc2ccc(C#N)c(Br)c2F)C1(C)C. The van der Waals surface area contributed by atoms with Crippen molar-refractivity contribution < 1.29 is 4.39 Å². The van der Waals surface area contributed by atoms with Gasteiger partial charge in [0.15, 0.2) is 5.82 Å². The Morgan fingerprint density at radius 3 is 2.28 bits per heavy atom. The lowest BCUT2D eigenvalue weighted by atomic mass is 10.0. The van der Waals surface area contributed by atoms with Gasteiger partial charge in [-0.3, -0.25) is 0 Å². The maximum Gasteiger partial charge on any atom is 0.161 e. The molecule has 0 bridgehead atoms. The van der Waals surface area contributed by atoms with E-state index < -0.39 is 5.82 Å². The molecule has 1 N–H and O–H groups in total. The fourth-order valence-corrected chi connectivity index (χ4v) is 2.89. The van der Waals surface area contributed by atoms with Crippen LogP contribution in [0.1, 0.15) is 33.3 Å². The van der Waals surface area contributed by atoms with Gasteiger partial charge in [-0.25, -0.2) is 4.39 Å². The number of benzene rings is 1. The van der Waals surface area contributed by atoms with Gasteiger partial charge in [-0.2, -0.15) is 5.26 Å². The van der Waals surface area contributed by atoms with Crippen LogP contribution in [0.3, 0.4) is 0 Å². The Morgan fingerprint density at radius 1 is 1.28 bits per heavy atom. The number of nitrogens with zero attached hydrogens (tertiary/aromatic N) is 1. The van der Waals surface area contributed by atoms with Gasteiger partial charge in [0.05, 0.1) is 15.7 Å². The molecular formula is C14H16BrFN2. The molecule has 0 radical (unpaired) electrons. The first kappa shape index (κ1) is 13.4. The van der Waals surface area contributed by atoms with E-state index in [1.54, 1.807) is 12.1 Å². The van der Waals surface area contributed by atoms with Crippen LogP contribution in [-0.2, 0) is 0 Å². The molecule has 18 heavy (non-hydrogen) atoms. The second kappa shape index (κ2) is 3.96. The maximum absolute atomic E-state index is 14.1. The predicted octanol–water partition coefficient (Wildman–Crippen LogP) is 4.31. The van der Waals surface area contributed by atoms with Crippen LogP contribution in [0.5, 0.6) is 0 Å². The molecule has 0 aliphatic heterocycles. The van der Waals surface area contributed by atoms with Crippen molar-refractivity contribution in [3.63, 3.8) is 0 Å². The van der Waals surface area contributed by atoms with Gasteiger partial charge in [0.2, 0.25) is 0 Å². The van der Waals surface area contributed by atoms with E-state index in [2.05, 4.69) is 48.9 Å². The summed E-state index contributed by atoms with van der Waals surface area (Å²) < 4.78 is 14.3. The van der Waals surface area contributed by atoms with Crippen LogP contribution in [0, 0.1) is 28.0 Å². The van der Waals surface area contributed by atoms with Crippen molar-refractivity contribution in [2.45, 2.75) is 33.7 Å². The summed E-state index contributed by atoms with van der Waals surface area (Å²) in [4.78, 5) is 0. The lowest BCUT2D eigenvalue weighted by Crippen LogP contribution is -2.11. The second-order valence-corrected chi connectivity index (χ2v) is 6.71. The number of rotatable bonds is 2. The first-order valence-corrected chi connectivity index (χ1v) is 6.67. The van der Waals surface area contributed by atoms with Crippen molar-refractivity contribution in [2.24, 2.45) is 10.8 Å². The molecule has 0 amide bonds. The maximum atomic E-state index is 14.1. The highest BCUT2D eigenvalue weighted by atomic mass is 79.9. The molecule has 0 heterocycles. The summed E-state index contributed by atoms with van der Waals surface area (Å²) in [5.41, 5.74) is 1.04. The predicted molar refractivity (Wildman–Crippen MR) is 73.8 cm³/mol. The zero-order valence-electron chi connectivity index (χ0n) is 10.9. The van der Waals surface area contributed by atoms with Crippen molar-refractivity contribution in [1.82, 2.24) is 0 Å². The molecular weight excluding hydrogens is 295 g/mol. The fraction of sp³-hybridized carbons (Fsp3) is 0.500. The Balaban J connectivity index is 2.29. The van der Waals surface area contributed by atoms with E-state index in [0.29, 0.717) is 11.3 Å². The van der Waals surface area contributed by atoms with E-state index in [9.17, 15) is 4.39 Å². The summed E-state index contributed by atoms with van der Waals surface area (Å²) in [5.74, 6) is -0.396. The lowest BCUT2D eigenvalue weighted by Gasteiger charge is -2.11. The normalized spacial score (nSPS) is 20.3. The summed E-state index contributed by atoms with van der Waals surface area (Å²) in [5, 5.41) is 12.1. The van der Waals surface area contributed by atoms with Crippen LogP contribution in [0.4, 0.5) is 10.1 Å². The highest BCUT2D eigenvalue weighted by molar-refractivity contribution is 9.10. The number of hydrogen-bond donors (Lipinski definition) is 1. The second-order valence-electron chi connectivity index (χ2n) is 5.92. The third-order valence-corrected chi connectivity index (χ3v) is 5.30. The van der Waals surface area contributed by atoms with Crippen LogP contribution in [0.2, 0.25) is 0 Å². The molecule has 1 aliphatic rings. The largest absolute Gasteiger partial charge is 0.379 e. The molecule has 96 valence electrons. The molecule has 1 fully saturated rings. The van der Waals surface area contributed by atoms with Gasteiger partial charge < -0.3 is 5.32 Å². The van der Waals surface area contributed by atoms with Crippen LogP contribution in [-0.4, -0.2) is 6.04 Å². The van der Waals surface area contributed by atoms with Crippen molar-refractivity contribution in [3.05, 3.63) is 28.0 Å². The van der Waals surface area contributed by atoms with E-state index in [1.807, 2.05) is 6.07 Å². The smallest absolute Gasteiger partial charge is 0.161 e. The molecule has 4 heteroatoms. The van der Waals surface area contributed by atoms with Gasteiger partial charge in [0.1, 0.15) is 6.07 Å². The highest BCUT2D eigenvalue weighted by Gasteiger charge is 2.65. The molecule has 1 saturated carbocycles. The van der Waals surface area contributed by atoms with E-state index in [0.717, 1.165) is 0 Å². The molecule has 0 spiro atoms. The standard InChI is InChI=1S/C14H16BrFN2/c1-13(2)12(14(13,3)4)18-9-6-5-8(7-17)10(15)11(9)16/h5-6,12,18H,1-4H3. The van der Waals surface area contributed by atoms with E-state index in [-0.39, 0.29) is 21.3 Å². The zero-order chi connectivity index (χ0) is 13.7. The van der Waals surface area contributed by atoms with Gasteiger partial charge in [0, 0.05) is 6.04 Å². The topological polar surface area (TPSA) is 35.8 Å². The quantitative estimate of drug-likeness (QED) is 0.883. The molecule has 0 aromatic heterocycles.